The lowest BCUT2D eigenvalue weighted by molar-refractivity contribution is -0.0420. The molecule has 0 aromatic heterocycles. The highest BCUT2D eigenvalue weighted by molar-refractivity contribution is 5.30. The van der Waals surface area contributed by atoms with Crippen molar-refractivity contribution in [2.24, 2.45) is 5.92 Å². The summed E-state index contributed by atoms with van der Waals surface area (Å²) in [5, 5.41) is 13.8. The Morgan fingerprint density at radius 3 is 2.94 bits per heavy atom. The third kappa shape index (κ3) is 1.85. The van der Waals surface area contributed by atoms with Crippen molar-refractivity contribution in [3.8, 4) is 0 Å². The highest BCUT2D eigenvalue weighted by atomic mass is 19.1. The summed E-state index contributed by atoms with van der Waals surface area (Å²) in [5.41, 5.74) is 0.401. The summed E-state index contributed by atoms with van der Waals surface area (Å²) >= 11 is 0. The van der Waals surface area contributed by atoms with E-state index in [-0.39, 0.29) is 11.7 Å². The van der Waals surface area contributed by atoms with E-state index in [2.05, 4.69) is 5.32 Å². The molecule has 2 unspecified atom stereocenters. The van der Waals surface area contributed by atoms with Crippen molar-refractivity contribution < 1.29 is 9.50 Å². The number of nitrogens with one attached hydrogen (secondary N) is 1. The predicted molar refractivity (Wildman–Crippen MR) is 61.7 cm³/mol. The molecule has 2 N–H and O–H groups in total. The van der Waals surface area contributed by atoms with E-state index in [4.69, 9.17) is 0 Å². The first-order chi connectivity index (χ1) is 7.54. The minimum Gasteiger partial charge on any atom is -0.385 e. The smallest absolute Gasteiger partial charge is 0.129 e. The van der Waals surface area contributed by atoms with Crippen molar-refractivity contribution in [2.75, 3.05) is 13.1 Å². The molecule has 0 aliphatic carbocycles. The van der Waals surface area contributed by atoms with Crippen LogP contribution in [0.5, 0.6) is 0 Å². The van der Waals surface area contributed by atoms with Crippen LogP contribution in [-0.2, 0) is 5.60 Å². The Morgan fingerprint density at radius 2 is 2.25 bits per heavy atom. The first-order valence-electron chi connectivity index (χ1n) is 5.74. The van der Waals surface area contributed by atoms with E-state index >= 15 is 0 Å². The Labute approximate surface area is 95.5 Å². The standard InChI is InChI=1S/C13H18FNO/c1-9-3-4-12(14)11(7-9)13(16)5-6-15-8-10(13)2/h3-4,7,10,15-16H,5-6,8H2,1-2H3. The Balaban J connectivity index is 2.44. The summed E-state index contributed by atoms with van der Waals surface area (Å²) in [6.45, 7) is 5.32. The minimum absolute atomic E-state index is 0.0255. The van der Waals surface area contributed by atoms with Crippen LogP contribution in [0.4, 0.5) is 4.39 Å². The third-order valence-corrected chi connectivity index (χ3v) is 3.54. The number of hydrogen-bond acceptors (Lipinski definition) is 2. The average Bonchev–Trinajstić information content (AvgIpc) is 2.26. The van der Waals surface area contributed by atoms with Gasteiger partial charge in [0.2, 0.25) is 0 Å². The Hall–Kier alpha value is -0.930. The monoisotopic (exact) mass is 223 g/mol. The zero-order valence-corrected chi connectivity index (χ0v) is 9.76. The van der Waals surface area contributed by atoms with E-state index in [0.717, 1.165) is 18.7 Å². The topological polar surface area (TPSA) is 32.3 Å². The molecule has 2 atom stereocenters. The molecule has 16 heavy (non-hydrogen) atoms. The molecule has 0 amide bonds. The molecule has 1 aromatic carbocycles. The lowest BCUT2D eigenvalue weighted by Gasteiger charge is -2.39. The molecule has 3 heteroatoms. The van der Waals surface area contributed by atoms with Gasteiger partial charge in [0.1, 0.15) is 5.82 Å². The van der Waals surface area contributed by atoms with Crippen molar-refractivity contribution in [1.29, 1.82) is 0 Å². The Morgan fingerprint density at radius 1 is 1.50 bits per heavy atom. The van der Waals surface area contributed by atoms with Gasteiger partial charge in [-0.05, 0) is 26.0 Å². The zero-order valence-electron chi connectivity index (χ0n) is 9.76. The minimum atomic E-state index is -1.03. The van der Waals surface area contributed by atoms with E-state index in [0.29, 0.717) is 12.0 Å². The summed E-state index contributed by atoms with van der Waals surface area (Å²) in [6, 6.07) is 4.93. The molecule has 1 fully saturated rings. The summed E-state index contributed by atoms with van der Waals surface area (Å²) < 4.78 is 13.8. The Kier molecular flexibility index (Phi) is 3.00. The van der Waals surface area contributed by atoms with Crippen LogP contribution in [0, 0.1) is 18.7 Å². The third-order valence-electron chi connectivity index (χ3n) is 3.54. The van der Waals surface area contributed by atoms with Crippen molar-refractivity contribution in [3.63, 3.8) is 0 Å². The molecule has 1 aromatic rings. The molecule has 1 heterocycles. The van der Waals surface area contributed by atoms with Gasteiger partial charge in [0.25, 0.3) is 0 Å². The highest BCUT2D eigenvalue weighted by Gasteiger charge is 2.39. The molecule has 0 radical (unpaired) electrons. The van der Waals surface area contributed by atoms with Gasteiger partial charge in [-0.15, -0.1) is 0 Å². The Bertz CT molecular complexity index is 394. The number of aryl methyl sites for hydroxylation is 1. The van der Waals surface area contributed by atoms with Crippen LogP contribution in [0.2, 0.25) is 0 Å². The fourth-order valence-corrected chi connectivity index (χ4v) is 2.38. The van der Waals surface area contributed by atoms with E-state index in [9.17, 15) is 9.50 Å². The van der Waals surface area contributed by atoms with Gasteiger partial charge in [-0.2, -0.15) is 0 Å². The van der Waals surface area contributed by atoms with Gasteiger partial charge in [-0.1, -0.05) is 24.6 Å². The molecule has 2 nitrogen and oxygen atoms in total. The first-order valence-corrected chi connectivity index (χ1v) is 5.74. The lowest BCUT2D eigenvalue weighted by atomic mass is 9.77. The van der Waals surface area contributed by atoms with Crippen molar-refractivity contribution >= 4 is 0 Å². The average molecular weight is 223 g/mol. The van der Waals surface area contributed by atoms with Crippen LogP contribution in [0.3, 0.4) is 0 Å². The number of benzene rings is 1. The van der Waals surface area contributed by atoms with Gasteiger partial charge in [-0.25, -0.2) is 4.39 Å². The summed E-state index contributed by atoms with van der Waals surface area (Å²) in [5.74, 6) is -0.278. The van der Waals surface area contributed by atoms with Gasteiger partial charge in [0.15, 0.2) is 0 Å². The second-order valence-corrected chi connectivity index (χ2v) is 4.76. The van der Waals surface area contributed by atoms with Crippen LogP contribution in [0.25, 0.3) is 0 Å². The van der Waals surface area contributed by atoms with E-state index in [1.807, 2.05) is 13.8 Å². The van der Waals surface area contributed by atoms with E-state index in [1.165, 1.54) is 6.07 Å². The molecule has 1 aliphatic heterocycles. The molecule has 0 bridgehead atoms. The van der Waals surface area contributed by atoms with Gasteiger partial charge < -0.3 is 10.4 Å². The lowest BCUT2D eigenvalue weighted by Crippen LogP contribution is -2.47. The number of aliphatic hydroxyl groups is 1. The molecule has 0 spiro atoms. The van der Waals surface area contributed by atoms with E-state index in [1.54, 1.807) is 12.1 Å². The zero-order chi connectivity index (χ0) is 11.8. The summed E-state index contributed by atoms with van der Waals surface area (Å²) in [4.78, 5) is 0. The van der Waals surface area contributed by atoms with Crippen LogP contribution in [0.1, 0.15) is 24.5 Å². The maximum absolute atomic E-state index is 13.8. The molecular formula is C13H18FNO. The quantitative estimate of drug-likeness (QED) is 0.762. The molecular weight excluding hydrogens is 205 g/mol. The summed E-state index contributed by atoms with van der Waals surface area (Å²) in [7, 11) is 0. The molecule has 1 aliphatic rings. The van der Waals surface area contributed by atoms with E-state index < -0.39 is 5.60 Å². The van der Waals surface area contributed by atoms with Crippen LogP contribution in [-0.4, -0.2) is 18.2 Å². The van der Waals surface area contributed by atoms with Gasteiger partial charge in [-0.3, -0.25) is 0 Å². The van der Waals surface area contributed by atoms with Crippen molar-refractivity contribution in [3.05, 3.63) is 35.1 Å². The molecule has 0 saturated carbocycles. The fourth-order valence-electron chi connectivity index (χ4n) is 2.38. The van der Waals surface area contributed by atoms with Gasteiger partial charge >= 0.3 is 0 Å². The first kappa shape index (κ1) is 11.6. The normalized spacial score (nSPS) is 30.4. The SMILES string of the molecule is Cc1ccc(F)c(C2(O)CCNCC2C)c1. The number of rotatable bonds is 1. The largest absolute Gasteiger partial charge is 0.385 e. The van der Waals surface area contributed by atoms with Crippen molar-refractivity contribution in [2.45, 2.75) is 25.9 Å². The van der Waals surface area contributed by atoms with Gasteiger partial charge in [0, 0.05) is 18.0 Å². The number of hydrogen-bond donors (Lipinski definition) is 2. The number of piperidine rings is 1. The second kappa shape index (κ2) is 4.15. The second-order valence-electron chi connectivity index (χ2n) is 4.76. The van der Waals surface area contributed by atoms with Crippen molar-refractivity contribution in [1.82, 2.24) is 5.32 Å². The maximum Gasteiger partial charge on any atom is 0.129 e. The summed E-state index contributed by atoms with van der Waals surface area (Å²) in [6.07, 6.45) is 0.564. The molecule has 2 rings (SSSR count). The molecule has 88 valence electrons. The van der Waals surface area contributed by atoms with Crippen LogP contribution in [0.15, 0.2) is 18.2 Å². The number of halogens is 1. The van der Waals surface area contributed by atoms with Crippen LogP contribution < -0.4 is 5.32 Å². The van der Waals surface area contributed by atoms with Crippen LogP contribution >= 0.6 is 0 Å². The van der Waals surface area contributed by atoms with Gasteiger partial charge in [0.05, 0.1) is 5.60 Å². The fraction of sp³-hybridized carbons (Fsp3) is 0.538. The maximum atomic E-state index is 13.8. The molecule has 1 saturated heterocycles. The predicted octanol–water partition coefficient (Wildman–Crippen LogP) is 1.95. The highest BCUT2D eigenvalue weighted by Crippen LogP contribution is 2.36.